The highest BCUT2D eigenvalue weighted by molar-refractivity contribution is 7.12. The Bertz CT molecular complexity index is 837. The molecule has 0 radical (unpaired) electrons. The molecule has 2 heterocycles. The molecule has 0 aliphatic carbocycles. The third-order valence-electron chi connectivity index (χ3n) is 3.91. The van der Waals surface area contributed by atoms with E-state index in [0.717, 1.165) is 11.1 Å². The van der Waals surface area contributed by atoms with Gasteiger partial charge in [0.1, 0.15) is 0 Å². The molecule has 4 nitrogen and oxygen atoms in total. The van der Waals surface area contributed by atoms with Gasteiger partial charge in [-0.05, 0) is 50.2 Å². The van der Waals surface area contributed by atoms with Crippen LogP contribution in [0.4, 0.5) is 0 Å². The molecule has 110 valence electrons. The van der Waals surface area contributed by atoms with Crippen LogP contribution in [0.3, 0.4) is 0 Å². The highest BCUT2D eigenvalue weighted by Gasteiger charge is 2.17. The summed E-state index contributed by atoms with van der Waals surface area (Å²) in [5.41, 5.74) is 3.85. The van der Waals surface area contributed by atoms with Crippen molar-refractivity contribution in [1.82, 2.24) is 9.88 Å². The molecule has 21 heavy (non-hydrogen) atoms. The largest absolute Gasteiger partial charge is 0.419 e. The summed E-state index contributed by atoms with van der Waals surface area (Å²) >= 11 is 1.80. The highest BCUT2D eigenvalue weighted by atomic mass is 32.1. The Kier molecular flexibility index (Phi) is 3.47. The van der Waals surface area contributed by atoms with Crippen molar-refractivity contribution in [2.24, 2.45) is 7.05 Å². The van der Waals surface area contributed by atoms with Crippen LogP contribution in [0.2, 0.25) is 0 Å². The van der Waals surface area contributed by atoms with Gasteiger partial charge in [-0.25, -0.2) is 4.79 Å². The van der Waals surface area contributed by atoms with Gasteiger partial charge in [-0.1, -0.05) is 6.07 Å². The number of aromatic nitrogens is 1. The lowest BCUT2D eigenvalue weighted by molar-refractivity contribution is 0.527. The second kappa shape index (κ2) is 5.16. The standard InChI is InChI=1S/C16H18N2O2S/c1-9-7-14(21-10(9)2)15(17-3)11-5-6-12-13(8-11)20-16(19)18(12)4/h5-8,15,17H,1-4H3. The Morgan fingerprint density at radius 3 is 2.67 bits per heavy atom. The molecular formula is C16H18N2O2S. The van der Waals surface area contributed by atoms with Crippen molar-refractivity contribution in [3.05, 3.63) is 55.7 Å². The minimum Gasteiger partial charge on any atom is -0.408 e. The second-order valence-corrected chi connectivity index (χ2v) is 6.55. The molecule has 0 bridgehead atoms. The Morgan fingerprint density at radius 2 is 2.05 bits per heavy atom. The average molecular weight is 302 g/mol. The van der Waals surface area contributed by atoms with Crippen molar-refractivity contribution in [3.63, 3.8) is 0 Å². The topological polar surface area (TPSA) is 47.2 Å². The Hall–Kier alpha value is -1.85. The quantitative estimate of drug-likeness (QED) is 0.808. The summed E-state index contributed by atoms with van der Waals surface area (Å²) in [4.78, 5) is 14.2. The number of aryl methyl sites for hydroxylation is 3. The van der Waals surface area contributed by atoms with E-state index < -0.39 is 0 Å². The average Bonchev–Trinajstić information content (AvgIpc) is 2.92. The lowest BCUT2D eigenvalue weighted by Crippen LogP contribution is -2.16. The predicted molar refractivity (Wildman–Crippen MR) is 86.2 cm³/mol. The molecule has 0 spiro atoms. The molecule has 1 atom stereocenters. The first-order valence-electron chi connectivity index (χ1n) is 6.85. The molecule has 3 rings (SSSR count). The van der Waals surface area contributed by atoms with Gasteiger partial charge in [0, 0.05) is 16.8 Å². The highest BCUT2D eigenvalue weighted by Crippen LogP contribution is 2.31. The van der Waals surface area contributed by atoms with Gasteiger partial charge >= 0.3 is 5.76 Å². The maximum Gasteiger partial charge on any atom is 0.419 e. The molecule has 2 aromatic heterocycles. The molecule has 0 fully saturated rings. The third kappa shape index (κ3) is 2.32. The minimum atomic E-state index is -0.328. The number of oxazole rings is 1. The van der Waals surface area contributed by atoms with Crippen molar-refractivity contribution >= 4 is 22.4 Å². The van der Waals surface area contributed by atoms with Crippen molar-refractivity contribution in [3.8, 4) is 0 Å². The number of benzene rings is 1. The normalized spacial score (nSPS) is 13.0. The Labute approximate surface area is 127 Å². The van der Waals surface area contributed by atoms with Gasteiger partial charge in [0.05, 0.1) is 11.6 Å². The van der Waals surface area contributed by atoms with Gasteiger partial charge in [0.25, 0.3) is 0 Å². The molecule has 0 amide bonds. The molecule has 3 aromatic rings. The van der Waals surface area contributed by atoms with Gasteiger partial charge in [0.2, 0.25) is 0 Å². The van der Waals surface area contributed by atoms with Crippen LogP contribution in [0.15, 0.2) is 33.5 Å². The molecule has 0 aliphatic rings. The number of hydrogen-bond acceptors (Lipinski definition) is 4. The smallest absolute Gasteiger partial charge is 0.408 e. The fraction of sp³-hybridized carbons (Fsp3) is 0.312. The van der Waals surface area contributed by atoms with Crippen LogP contribution < -0.4 is 11.1 Å². The van der Waals surface area contributed by atoms with Crippen LogP contribution in [-0.4, -0.2) is 11.6 Å². The fourth-order valence-electron chi connectivity index (χ4n) is 2.55. The summed E-state index contributed by atoms with van der Waals surface area (Å²) in [6.45, 7) is 4.26. The third-order valence-corrected chi connectivity index (χ3v) is 5.13. The van der Waals surface area contributed by atoms with E-state index in [-0.39, 0.29) is 11.8 Å². The van der Waals surface area contributed by atoms with E-state index in [1.807, 2.05) is 25.2 Å². The van der Waals surface area contributed by atoms with E-state index in [9.17, 15) is 4.79 Å². The number of nitrogens with one attached hydrogen (secondary N) is 1. The van der Waals surface area contributed by atoms with E-state index in [4.69, 9.17) is 4.42 Å². The molecule has 1 unspecified atom stereocenters. The predicted octanol–water partition coefficient (Wildman–Crippen LogP) is 3.12. The van der Waals surface area contributed by atoms with Gasteiger partial charge in [-0.3, -0.25) is 4.57 Å². The van der Waals surface area contributed by atoms with Gasteiger partial charge < -0.3 is 9.73 Å². The number of thiophene rings is 1. The molecule has 5 heteroatoms. The molecule has 0 saturated carbocycles. The maximum atomic E-state index is 11.6. The zero-order valence-corrected chi connectivity index (χ0v) is 13.4. The van der Waals surface area contributed by atoms with E-state index in [1.165, 1.54) is 19.9 Å². The lowest BCUT2D eigenvalue weighted by Gasteiger charge is -2.14. The zero-order valence-electron chi connectivity index (χ0n) is 12.6. The Balaban J connectivity index is 2.10. The number of rotatable bonds is 3. The molecule has 1 N–H and O–H groups in total. The number of fused-ring (bicyclic) bond motifs is 1. The summed E-state index contributed by atoms with van der Waals surface area (Å²) in [7, 11) is 3.66. The summed E-state index contributed by atoms with van der Waals surface area (Å²) in [5.74, 6) is -0.328. The van der Waals surface area contributed by atoms with Crippen molar-refractivity contribution in [1.29, 1.82) is 0 Å². The first-order chi connectivity index (χ1) is 10.0. The second-order valence-electron chi connectivity index (χ2n) is 5.26. The molecular weight excluding hydrogens is 284 g/mol. The summed E-state index contributed by atoms with van der Waals surface area (Å²) in [6, 6.07) is 8.25. The van der Waals surface area contributed by atoms with E-state index in [2.05, 4.69) is 25.2 Å². The van der Waals surface area contributed by atoms with Crippen LogP contribution in [0.5, 0.6) is 0 Å². The maximum absolute atomic E-state index is 11.6. The van der Waals surface area contributed by atoms with Gasteiger partial charge in [-0.15, -0.1) is 11.3 Å². The minimum absolute atomic E-state index is 0.109. The fourth-order valence-corrected chi connectivity index (χ4v) is 3.73. The monoisotopic (exact) mass is 302 g/mol. The molecule has 0 saturated heterocycles. The summed E-state index contributed by atoms with van der Waals surface area (Å²) in [6.07, 6.45) is 0. The number of hydrogen-bond donors (Lipinski definition) is 1. The molecule has 1 aromatic carbocycles. The lowest BCUT2D eigenvalue weighted by atomic mass is 10.0. The van der Waals surface area contributed by atoms with Gasteiger partial charge in [0.15, 0.2) is 5.58 Å². The number of nitrogens with zero attached hydrogens (tertiary/aromatic N) is 1. The summed E-state index contributed by atoms with van der Waals surface area (Å²) < 4.78 is 6.80. The first-order valence-corrected chi connectivity index (χ1v) is 7.66. The van der Waals surface area contributed by atoms with Crippen LogP contribution in [0.1, 0.15) is 26.9 Å². The van der Waals surface area contributed by atoms with Crippen molar-refractivity contribution < 1.29 is 4.42 Å². The van der Waals surface area contributed by atoms with E-state index >= 15 is 0 Å². The van der Waals surface area contributed by atoms with Crippen LogP contribution in [0.25, 0.3) is 11.1 Å². The zero-order chi connectivity index (χ0) is 15.1. The van der Waals surface area contributed by atoms with E-state index in [1.54, 1.807) is 18.4 Å². The van der Waals surface area contributed by atoms with Crippen molar-refractivity contribution in [2.75, 3.05) is 7.05 Å². The Morgan fingerprint density at radius 1 is 1.29 bits per heavy atom. The van der Waals surface area contributed by atoms with Gasteiger partial charge in [-0.2, -0.15) is 0 Å². The van der Waals surface area contributed by atoms with E-state index in [0.29, 0.717) is 5.58 Å². The SMILES string of the molecule is CNC(c1ccc2c(c1)oc(=O)n2C)c1cc(C)c(C)s1. The van der Waals surface area contributed by atoms with Crippen LogP contribution in [-0.2, 0) is 7.05 Å². The first kappa shape index (κ1) is 14.1. The van der Waals surface area contributed by atoms with Crippen molar-refractivity contribution in [2.45, 2.75) is 19.9 Å². The van der Waals surface area contributed by atoms with Crippen LogP contribution >= 0.6 is 11.3 Å². The summed E-state index contributed by atoms with van der Waals surface area (Å²) in [5, 5.41) is 3.35. The molecule has 0 aliphatic heterocycles. The van der Waals surface area contributed by atoms with Crippen LogP contribution in [0, 0.1) is 13.8 Å².